The molecule has 1 N–H and O–H groups in total. The zero-order valence-corrected chi connectivity index (χ0v) is 17.0. The molecule has 0 radical (unpaired) electrons. The first-order valence-electron chi connectivity index (χ1n) is 10.00. The largest absolute Gasteiger partial charge is 0.490 e. The molecule has 8 nitrogen and oxygen atoms in total. The molecule has 32 heavy (non-hydrogen) atoms. The second-order valence-corrected chi connectivity index (χ2v) is 7.40. The summed E-state index contributed by atoms with van der Waals surface area (Å²) in [5.41, 5.74) is 1.07. The molecule has 11 heteroatoms. The van der Waals surface area contributed by atoms with Crippen LogP contribution in [0.2, 0.25) is 0 Å². The number of alkyl halides is 3. The molecule has 3 atom stereocenters. The van der Waals surface area contributed by atoms with E-state index in [9.17, 15) is 18.0 Å². The van der Waals surface area contributed by atoms with Crippen molar-refractivity contribution < 1.29 is 41.8 Å². The SMILES string of the molecule is O=C(O)C(F)(F)F.O=C(c1ccco1)N1CCO[C@H]2C(COCc3cccnc3)CC[C@@H]21. The Morgan fingerprint density at radius 1 is 1.25 bits per heavy atom. The van der Waals surface area contributed by atoms with E-state index in [0.29, 0.717) is 38.0 Å². The van der Waals surface area contributed by atoms with Crippen LogP contribution in [0.15, 0.2) is 47.3 Å². The minimum Gasteiger partial charge on any atom is -0.475 e. The quantitative estimate of drug-likeness (QED) is 0.738. The predicted octanol–water partition coefficient (Wildman–Crippen LogP) is 3.14. The number of amides is 1. The normalized spacial score (nSPS) is 22.6. The van der Waals surface area contributed by atoms with Crippen LogP contribution in [0.4, 0.5) is 13.2 Å². The van der Waals surface area contributed by atoms with Crippen molar-refractivity contribution in [3.05, 3.63) is 54.2 Å². The van der Waals surface area contributed by atoms with Crippen LogP contribution in [-0.2, 0) is 20.9 Å². The summed E-state index contributed by atoms with van der Waals surface area (Å²) in [5, 5.41) is 7.12. The number of aliphatic carboxylic acids is 1. The molecule has 2 aromatic heterocycles. The topological polar surface area (TPSA) is 102 Å². The van der Waals surface area contributed by atoms with Crippen molar-refractivity contribution in [2.45, 2.75) is 37.8 Å². The Kier molecular flexibility index (Phi) is 7.86. The highest BCUT2D eigenvalue weighted by Gasteiger charge is 2.45. The number of hydrogen-bond acceptors (Lipinski definition) is 6. The van der Waals surface area contributed by atoms with E-state index in [2.05, 4.69) is 4.98 Å². The van der Waals surface area contributed by atoms with Gasteiger partial charge in [0.25, 0.3) is 5.91 Å². The van der Waals surface area contributed by atoms with Crippen molar-refractivity contribution in [1.82, 2.24) is 9.88 Å². The Hall–Kier alpha value is -2.92. The summed E-state index contributed by atoms with van der Waals surface area (Å²) < 4.78 is 48.9. The number of fused-ring (bicyclic) bond motifs is 1. The number of carboxylic acids is 1. The lowest BCUT2D eigenvalue weighted by Gasteiger charge is -2.38. The Balaban J connectivity index is 0.000000360. The molecule has 2 aromatic rings. The van der Waals surface area contributed by atoms with E-state index in [1.807, 2.05) is 23.2 Å². The zero-order valence-electron chi connectivity index (χ0n) is 17.0. The van der Waals surface area contributed by atoms with Crippen LogP contribution in [0.5, 0.6) is 0 Å². The minimum absolute atomic E-state index is 0.0415. The highest BCUT2D eigenvalue weighted by Crippen LogP contribution is 2.35. The monoisotopic (exact) mass is 456 g/mol. The van der Waals surface area contributed by atoms with E-state index in [-0.39, 0.29) is 18.1 Å². The molecule has 0 bridgehead atoms. The van der Waals surface area contributed by atoms with E-state index in [4.69, 9.17) is 23.8 Å². The van der Waals surface area contributed by atoms with Gasteiger partial charge in [0.05, 0.1) is 38.2 Å². The molecule has 4 rings (SSSR count). The maximum Gasteiger partial charge on any atom is 0.490 e. The van der Waals surface area contributed by atoms with Gasteiger partial charge in [-0.1, -0.05) is 6.07 Å². The van der Waals surface area contributed by atoms with Crippen molar-refractivity contribution in [2.24, 2.45) is 5.92 Å². The maximum atomic E-state index is 12.6. The number of rotatable bonds is 5. The fourth-order valence-electron chi connectivity index (χ4n) is 3.84. The lowest BCUT2D eigenvalue weighted by atomic mass is 10.0. The van der Waals surface area contributed by atoms with Gasteiger partial charge in [0.1, 0.15) is 0 Å². The lowest BCUT2D eigenvalue weighted by molar-refractivity contribution is -0.192. The molecular formula is C21H23F3N2O6. The van der Waals surface area contributed by atoms with Crippen molar-refractivity contribution in [3.8, 4) is 0 Å². The molecule has 1 unspecified atom stereocenters. The van der Waals surface area contributed by atoms with Crippen molar-refractivity contribution in [1.29, 1.82) is 0 Å². The lowest BCUT2D eigenvalue weighted by Crippen LogP contribution is -2.53. The van der Waals surface area contributed by atoms with Gasteiger partial charge in [0, 0.05) is 24.9 Å². The van der Waals surface area contributed by atoms with Crippen LogP contribution in [0.3, 0.4) is 0 Å². The van der Waals surface area contributed by atoms with E-state index in [1.165, 1.54) is 6.26 Å². The van der Waals surface area contributed by atoms with Gasteiger partial charge in [-0.3, -0.25) is 9.78 Å². The molecule has 174 valence electrons. The van der Waals surface area contributed by atoms with E-state index in [0.717, 1.165) is 18.4 Å². The van der Waals surface area contributed by atoms with Gasteiger partial charge in [0.2, 0.25) is 0 Å². The molecule has 3 heterocycles. The number of halogens is 3. The summed E-state index contributed by atoms with van der Waals surface area (Å²) >= 11 is 0. The van der Waals surface area contributed by atoms with E-state index < -0.39 is 12.1 Å². The van der Waals surface area contributed by atoms with Gasteiger partial charge in [-0.15, -0.1) is 0 Å². The van der Waals surface area contributed by atoms with Crippen molar-refractivity contribution in [2.75, 3.05) is 19.8 Å². The highest BCUT2D eigenvalue weighted by molar-refractivity contribution is 5.91. The summed E-state index contributed by atoms with van der Waals surface area (Å²) in [6, 6.07) is 7.49. The number of ether oxygens (including phenoxy) is 2. The first kappa shape index (κ1) is 23.7. The minimum atomic E-state index is -5.08. The highest BCUT2D eigenvalue weighted by atomic mass is 19.4. The average molecular weight is 456 g/mol. The number of carbonyl (C=O) groups excluding carboxylic acids is 1. The Morgan fingerprint density at radius 3 is 2.66 bits per heavy atom. The first-order valence-corrected chi connectivity index (χ1v) is 10.00. The summed E-state index contributed by atoms with van der Waals surface area (Å²) in [5.74, 6) is -2.08. The molecule has 0 spiro atoms. The van der Waals surface area contributed by atoms with Crippen LogP contribution in [-0.4, -0.2) is 64.9 Å². The number of aromatic nitrogens is 1. The van der Waals surface area contributed by atoms with Crippen LogP contribution in [0.1, 0.15) is 29.0 Å². The van der Waals surface area contributed by atoms with Gasteiger partial charge in [-0.2, -0.15) is 13.2 Å². The number of pyridine rings is 1. The fourth-order valence-corrected chi connectivity index (χ4v) is 3.84. The molecule has 2 aliphatic rings. The van der Waals surface area contributed by atoms with Gasteiger partial charge < -0.3 is 23.9 Å². The number of carbonyl (C=O) groups is 2. The van der Waals surface area contributed by atoms with E-state index >= 15 is 0 Å². The molecule has 1 aliphatic carbocycles. The summed E-state index contributed by atoms with van der Waals surface area (Å²) in [4.78, 5) is 27.6. The number of furan rings is 1. The second-order valence-electron chi connectivity index (χ2n) is 7.40. The van der Waals surface area contributed by atoms with Crippen molar-refractivity contribution >= 4 is 11.9 Å². The molecule has 2 fully saturated rings. The standard InChI is InChI=1S/C19H22N2O4.C2HF3O2/c22-19(17-4-2-9-24-17)21-8-10-25-18-15(5-6-16(18)21)13-23-12-14-3-1-7-20-11-14;3-2(4,5)1(6)7/h1-4,7,9,11,15-16,18H,5-6,8,10,12-13H2;(H,6,7)/t15?,16-,18-;/m0./s1. The Labute approximate surface area is 181 Å². The van der Waals surface area contributed by atoms with Gasteiger partial charge in [-0.25, -0.2) is 4.79 Å². The second kappa shape index (κ2) is 10.6. The third kappa shape index (κ3) is 6.07. The third-order valence-electron chi connectivity index (χ3n) is 5.28. The van der Waals surface area contributed by atoms with E-state index in [1.54, 1.807) is 18.3 Å². The molecule has 1 amide bonds. The average Bonchev–Trinajstić information content (AvgIpc) is 3.44. The number of hydrogen-bond donors (Lipinski definition) is 1. The third-order valence-corrected chi connectivity index (χ3v) is 5.28. The smallest absolute Gasteiger partial charge is 0.475 e. The Morgan fingerprint density at radius 2 is 2.03 bits per heavy atom. The van der Waals surface area contributed by atoms with Crippen LogP contribution >= 0.6 is 0 Å². The summed E-state index contributed by atoms with van der Waals surface area (Å²) in [7, 11) is 0. The van der Waals surface area contributed by atoms with Crippen LogP contribution in [0.25, 0.3) is 0 Å². The van der Waals surface area contributed by atoms with Gasteiger partial charge >= 0.3 is 12.1 Å². The zero-order chi connectivity index (χ0) is 23.1. The molecular weight excluding hydrogens is 433 g/mol. The number of nitrogens with zero attached hydrogens (tertiary/aromatic N) is 2. The number of morpholine rings is 1. The molecule has 0 aromatic carbocycles. The molecule has 1 aliphatic heterocycles. The van der Waals surface area contributed by atoms with Gasteiger partial charge in [0.15, 0.2) is 5.76 Å². The predicted molar refractivity (Wildman–Crippen MR) is 104 cm³/mol. The first-order chi connectivity index (χ1) is 15.3. The molecule has 1 saturated heterocycles. The van der Waals surface area contributed by atoms with Gasteiger partial charge in [-0.05, 0) is 36.6 Å². The Bertz CT molecular complexity index is 875. The summed E-state index contributed by atoms with van der Waals surface area (Å²) in [6.07, 6.45) is 2.02. The van der Waals surface area contributed by atoms with Crippen LogP contribution < -0.4 is 0 Å². The van der Waals surface area contributed by atoms with Crippen molar-refractivity contribution in [3.63, 3.8) is 0 Å². The molecule has 1 saturated carbocycles. The maximum absolute atomic E-state index is 12.6. The van der Waals surface area contributed by atoms with Crippen LogP contribution in [0, 0.1) is 5.92 Å². The fraction of sp³-hybridized carbons (Fsp3) is 0.476. The number of carboxylic acid groups (broad SMARTS) is 1. The summed E-state index contributed by atoms with van der Waals surface area (Å²) in [6.45, 7) is 2.37.